The van der Waals surface area contributed by atoms with Crippen LogP contribution in [0.15, 0.2) is 60.7 Å². The van der Waals surface area contributed by atoms with Crippen molar-refractivity contribution in [3.8, 4) is 5.75 Å². The van der Waals surface area contributed by atoms with Crippen LogP contribution in [0.5, 0.6) is 5.75 Å². The molecule has 2 saturated heterocycles. The van der Waals surface area contributed by atoms with Gasteiger partial charge in [-0.25, -0.2) is 0 Å². The molecule has 2 aliphatic heterocycles. The molecular formula is C29H35N3O5. The third kappa shape index (κ3) is 5.70. The number of aryl methyl sites for hydroxylation is 1. The number of hydrogen-bond donors (Lipinski definition) is 1. The number of carbonyl (C=O) groups excluding carboxylic acids is 2. The van der Waals surface area contributed by atoms with E-state index in [1.807, 2.05) is 50.2 Å². The van der Waals surface area contributed by atoms with Crippen LogP contribution >= 0.6 is 0 Å². The SMILES string of the molecule is C=CCOc1ccc(C(O)=C2C(=O)C(=O)N(CCN3CCOCC3)C2c2ccc(N(C)C)cc2)c(C)c1. The summed E-state index contributed by atoms with van der Waals surface area (Å²) in [6, 6.07) is 12.3. The van der Waals surface area contributed by atoms with E-state index in [0.29, 0.717) is 44.2 Å². The Morgan fingerprint density at radius 3 is 2.46 bits per heavy atom. The minimum Gasteiger partial charge on any atom is -0.507 e. The third-order valence-corrected chi connectivity index (χ3v) is 6.85. The Morgan fingerprint density at radius 1 is 1.14 bits per heavy atom. The molecule has 0 spiro atoms. The van der Waals surface area contributed by atoms with E-state index in [2.05, 4.69) is 11.5 Å². The highest BCUT2D eigenvalue weighted by Crippen LogP contribution is 2.40. The van der Waals surface area contributed by atoms with Gasteiger partial charge >= 0.3 is 0 Å². The summed E-state index contributed by atoms with van der Waals surface area (Å²) < 4.78 is 11.0. The van der Waals surface area contributed by atoms with Gasteiger partial charge in [0.1, 0.15) is 18.1 Å². The maximum absolute atomic E-state index is 13.4. The van der Waals surface area contributed by atoms with Crippen LogP contribution in [0.25, 0.3) is 5.76 Å². The number of aliphatic hydroxyl groups is 1. The number of Topliss-reactive ketones (excluding diaryl/α,β-unsaturated/α-hetero) is 1. The van der Waals surface area contributed by atoms with Crippen molar-refractivity contribution >= 4 is 23.1 Å². The van der Waals surface area contributed by atoms with Gasteiger partial charge in [-0.1, -0.05) is 24.8 Å². The summed E-state index contributed by atoms with van der Waals surface area (Å²) in [4.78, 5) is 32.5. The topological polar surface area (TPSA) is 82.5 Å². The lowest BCUT2D eigenvalue weighted by atomic mass is 9.93. The molecule has 2 heterocycles. The van der Waals surface area contributed by atoms with Crippen LogP contribution in [-0.4, -0.2) is 86.7 Å². The largest absolute Gasteiger partial charge is 0.507 e. The summed E-state index contributed by atoms with van der Waals surface area (Å²) in [5, 5.41) is 11.5. The second-order valence-corrected chi connectivity index (χ2v) is 9.51. The lowest BCUT2D eigenvalue weighted by molar-refractivity contribution is -0.140. The van der Waals surface area contributed by atoms with Gasteiger partial charge in [-0.3, -0.25) is 14.5 Å². The van der Waals surface area contributed by atoms with Crippen LogP contribution in [0.3, 0.4) is 0 Å². The summed E-state index contributed by atoms with van der Waals surface area (Å²) in [7, 11) is 3.91. The van der Waals surface area contributed by atoms with E-state index in [0.717, 1.165) is 29.9 Å². The predicted octanol–water partition coefficient (Wildman–Crippen LogP) is 3.38. The first-order valence-electron chi connectivity index (χ1n) is 12.5. The average molecular weight is 506 g/mol. The molecule has 37 heavy (non-hydrogen) atoms. The second kappa shape index (κ2) is 11.6. The van der Waals surface area contributed by atoms with Crippen molar-refractivity contribution < 1.29 is 24.2 Å². The van der Waals surface area contributed by atoms with Gasteiger partial charge in [0.2, 0.25) is 0 Å². The molecule has 2 aromatic rings. The first kappa shape index (κ1) is 26.4. The summed E-state index contributed by atoms with van der Waals surface area (Å²) in [5.41, 5.74) is 3.11. The van der Waals surface area contributed by atoms with Crippen molar-refractivity contribution in [2.24, 2.45) is 0 Å². The summed E-state index contributed by atoms with van der Waals surface area (Å²) in [6.45, 7) is 9.72. The van der Waals surface area contributed by atoms with Gasteiger partial charge in [0.05, 0.1) is 24.8 Å². The number of amides is 1. The van der Waals surface area contributed by atoms with Crippen LogP contribution < -0.4 is 9.64 Å². The van der Waals surface area contributed by atoms with E-state index in [9.17, 15) is 14.7 Å². The number of rotatable bonds is 9. The quantitative estimate of drug-likeness (QED) is 0.242. The van der Waals surface area contributed by atoms with E-state index < -0.39 is 17.7 Å². The van der Waals surface area contributed by atoms with Crippen LogP contribution in [0.1, 0.15) is 22.7 Å². The molecule has 1 unspecified atom stereocenters. The van der Waals surface area contributed by atoms with Gasteiger partial charge in [-0.2, -0.15) is 0 Å². The fourth-order valence-corrected chi connectivity index (χ4v) is 4.78. The second-order valence-electron chi connectivity index (χ2n) is 9.51. The first-order valence-corrected chi connectivity index (χ1v) is 12.5. The fraction of sp³-hybridized carbons (Fsp3) is 0.379. The predicted molar refractivity (Wildman–Crippen MR) is 144 cm³/mol. The van der Waals surface area contributed by atoms with Crippen molar-refractivity contribution in [1.82, 2.24) is 9.80 Å². The zero-order chi connectivity index (χ0) is 26.5. The van der Waals surface area contributed by atoms with Gasteiger partial charge in [0.15, 0.2) is 0 Å². The molecule has 0 saturated carbocycles. The Kier molecular flexibility index (Phi) is 8.31. The number of nitrogens with zero attached hydrogens (tertiary/aromatic N) is 3. The monoisotopic (exact) mass is 505 g/mol. The highest BCUT2D eigenvalue weighted by Gasteiger charge is 2.46. The zero-order valence-corrected chi connectivity index (χ0v) is 21.8. The lowest BCUT2D eigenvalue weighted by Crippen LogP contribution is -2.42. The molecule has 0 bridgehead atoms. The van der Waals surface area contributed by atoms with Crippen molar-refractivity contribution in [1.29, 1.82) is 0 Å². The molecule has 4 rings (SSSR count). The van der Waals surface area contributed by atoms with Gasteiger partial charge in [0, 0.05) is 51.5 Å². The molecular weight excluding hydrogens is 470 g/mol. The number of likely N-dealkylation sites (tertiary alicyclic amines) is 1. The summed E-state index contributed by atoms with van der Waals surface area (Å²) in [6.07, 6.45) is 1.66. The van der Waals surface area contributed by atoms with Gasteiger partial charge in [0.25, 0.3) is 11.7 Å². The van der Waals surface area contributed by atoms with Crippen LogP contribution in [-0.2, 0) is 14.3 Å². The lowest BCUT2D eigenvalue weighted by Gasteiger charge is -2.31. The van der Waals surface area contributed by atoms with E-state index in [1.54, 1.807) is 29.2 Å². The Labute approximate surface area is 218 Å². The van der Waals surface area contributed by atoms with Crippen molar-refractivity contribution in [2.45, 2.75) is 13.0 Å². The van der Waals surface area contributed by atoms with E-state index >= 15 is 0 Å². The molecule has 1 amide bonds. The number of benzene rings is 2. The van der Waals surface area contributed by atoms with Crippen LogP contribution in [0, 0.1) is 6.92 Å². The smallest absolute Gasteiger partial charge is 0.295 e. The first-order chi connectivity index (χ1) is 17.8. The summed E-state index contributed by atoms with van der Waals surface area (Å²) in [5.74, 6) is -0.815. The van der Waals surface area contributed by atoms with Crippen molar-refractivity contribution in [3.63, 3.8) is 0 Å². The highest BCUT2D eigenvalue weighted by atomic mass is 16.5. The van der Waals surface area contributed by atoms with E-state index in [1.165, 1.54) is 0 Å². The molecule has 8 heteroatoms. The van der Waals surface area contributed by atoms with E-state index in [4.69, 9.17) is 9.47 Å². The molecule has 196 valence electrons. The molecule has 2 fully saturated rings. The molecule has 2 aromatic carbocycles. The molecule has 0 aliphatic carbocycles. The number of aliphatic hydroxyl groups excluding tert-OH is 1. The zero-order valence-electron chi connectivity index (χ0n) is 21.8. The number of morpholine rings is 1. The molecule has 0 aromatic heterocycles. The van der Waals surface area contributed by atoms with Crippen molar-refractivity contribution in [3.05, 3.63) is 77.4 Å². The number of hydrogen-bond acceptors (Lipinski definition) is 7. The van der Waals surface area contributed by atoms with Gasteiger partial charge in [-0.15, -0.1) is 0 Å². The maximum Gasteiger partial charge on any atom is 0.295 e. The van der Waals surface area contributed by atoms with Gasteiger partial charge < -0.3 is 24.4 Å². The molecule has 8 nitrogen and oxygen atoms in total. The Hall–Kier alpha value is -3.62. The standard InChI is InChI=1S/C29H35N3O5/c1-5-16-37-23-10-11-24(20(2)19-23)27(33)25-26(21-6-8-22(9-7-21)30(3)4)32(29(35)28(25)34)13-12-31-14-17-36-18-15-31/h5-11,19,26,33H,1,12-18H2,2-4H3. The molecule has 1 atom stereocenters. The Balaban J connectivity index is 1.73. The fourth-order valence-electron chi connectivity index (χ4n) is 4.78. The Morgan fingerprint density at radius 2 is 1.84 bits per heavy atom. The number of carbonyl (C=O) groups is 2. The minimum atomic E-state index is -0.687. The average Bonchev–Trinajstić information content (AvgIpc) is 3.16. The van der Waals surface area contributed by atoms with Crippen molar-refractivity contribution in [2.75, 3.05) is 65.0 Å². The van der Waals surface area contributed by atoms with Gasteiger partial charge in [-0.05, 0) is 48.4 Å². The highest BCUT2D eigenvalue weighted by molar-refractivity contribution is 6.46. The minimum absolute atomic E-state index is 0.104. The maximum atomic E-state index is 13.4. The van der Waals surface area contributed by atoms with E-state index in [-0.39, 0.29) is 11.3 Å². The normalized spacial score (nSPS) is 19.8. The summed E-state index contributed by atoms with van der Waals surface area (Å²) >= 11 is 0. The Bertz CT molecular complexity index is 1180. The number of ether oxygens (including phenoxy) is 2. The molecule has 1 N–H and O–H groups in total. The molecule has 0 radical (unpaired) electrons. The van der Waals surface area contributed by atoms with Crippen LogP contribution in [0.4, 0.5) is 5.69 Å². The van der Waals surface area contributed by atoms with Crippen LogP contribution in [0.2, 0.25) is 0 Å². The molecule has 2 aliphatic rings. The third-order valence-electron chi connectivity index (χ3n) is 6.85. The number of anilines is 1. The number of ketones is 1.